The Morgan fingerprint density at radius 2 is 0.913 bits per heavy atom. The third-order valence-corrected chi connectivity index (χ3v) is 8.43. The van der Waals surface area contributed by atoms with E-state index >= 15 is 0 Å². The van der Waals surface area contributed by atoms with Crippen LogP contribution < -0.4 is 0 Å². The molecule has 0 aliphatic carbocycles. The second-order valence-corrected chi connectivity index (χ2v) is 11.2. The summed E-state index contributed by atoms with van der Waals surface area (Å²) in [5, 5.41) is 3.48. The molecule has 4 aromatic heterocycles. The van der Waals surface area contributed by atoms with E-state index in [1.165, 1.54) is 10.8 Å². The molecular formula is C40H26N6. The van der Waals surface area contributed by atoms with Crippen molar-refractivity contribution in [3.63, 3.8) is 0 Å². The van der Waals surface area contributed by atoms with Gasteiger partial charge in [-0.25, -0.2) is 9.97 Å². The van der Waals surface area contributed by atoms with Crippen molar-refractivity contribution in [2.24, 2.45) is 0 Å². The molecule has 6 heteroatoms. The first kappa shape index (κ1) is 26.0. The molecule has 0 bridgehead atoms. The summed E-state index contributed by atoms with van der Waals surface area (Å²) in [6.45, 7) is 0. The van der Waals surface area contributed by atoms with Crippen LogP contribution >= 0.6 is 0 Å². The van der Waals surface area contributed by atoms with Gasteiger partial charge >= 0.3 is 0 Å². The van der Waals surface area contributed by atoms with Gasteiger partial charge in [-0.05, 0) is 30.3 Å². The number of rotatable bonds is 5. The van der Waals surface area contributed by atoms with Gasteiger partial charge in [0.05, 0.1) is 22.2 Å². The maximum Gasteiger partial charge on any atom is 0.238 e. The molecule has 0 spiro atoms. The average Bonchev–Trinajstić information content (AvgIpc) is 3.69. The number of hydrogen-bond donors (Lipinski definition) is 0. The van der Waals surface area contributed by atoms with Crippen molar-refractivity contribution in [3.8, 4) is 45.8 Å². The fourth-order valence-electron chi connectivity index (χ4n) is 6.32. The van der Waals surface area contributed by atoms with Crippen LogP contribution in [-0.4, -0.2) is 29.1 Å². The van der Waals surface area contributed by atoms with E-state index in [0.717, 1.165) is 50.1 Å². The van der Waals surface area contributed by atoms with Crippen molar-refractivity contribution in [1.82, 2.24) is 29.1 Å². The summed E-state index contributed by atoms with van der Waals surface area (Å²) in [5.41, 5.74) is 6.98. The maximum atomic E-state index is 5.27. The predicted molar refractivity (Wildman–Crippen MR) is 185 cm³/mol. The molecule has 0 saturated carbocycles. The van der Waals surface area contributed by atoms with Crippen LogP contribution in [-0.2, 0) is 0 Å². The topological polar surface area (TPSA) is 61.4 Å². The van der Waals surface area contributed by atoms with Gasteiger partial charge in [-0.1, -0.05) is 121 Å². The van der Waals surface area contributed by atoms with E-state index in [-0.39, 0.29) is 0 Å². The fraction of sp³-hybridized carbons (Fsp3) is 0. The van der Waals surface area contributed by atoms with E-state index < -0.39 is 0 Å². The second-order valence-electron chi connectivity index (χ2n) is 11.2. The molecule has 216 valence electrons. The standard InChI is InChI=1S/C40H26N6/c1-3-14-27(15-4-1)38-42-39(28-16-5-2-6-17-28)44-40(43-38)45-26-32(31-20-7-10-22-34(31)45)33-21-13-25-37(41-33)46-35-23-11-8-18-29(35)30-19-9-12-24-36(30)46/h1-26H. The summed E-state index contributed by atoms with van der Waals surface area (Å²) < 4.78 is 4.30. The first-order valence-corrected chi connectivity index (χ1v) is 15.3. The molecular weight excluding hydrogens is 564 g/mol. The van der Waals surface area contributed by atoms with Crippen molar-refractivity contribution in [2.45, 2.75) is 0 Å². The number of fused-ring (bicyclic) bond motifs is 4. The van der Waals surface area contributed by atoms with Crippen LogP contribution in [0, 0.1) is 0 Å². The predicted octanol–water partition coefficient (Wildman–Crippen LogP) is 9.31. The van der Waals surface area contributed by atoms with Gasteiger partial charge in [0.15, 0.2) is 11.6 Å². The van der Waals surface area contributed by atoms with Crippen LogP contribution in [0.15, 0.2) is 158 Å². The highest BCUT2D eigenvalue weighted by Gasteiger charge is 2.18. The van der Waals surface area contributed by atoms with Gasteiger partial charge in [0, 0.05) is 39.0 Å². The fourth-order valence-corrected chi connectivity index (χ4v) is 6.32. The van der Waals surface area contributed by atoms with E-state index in [0.29, 0.717) is 17.6 Å². The Labute approximate surface area is 264 Å². The van der Waals surface area contributed by atoms with Crippen LogP contribution in [0.2, 0.25) is 0 Å². The zero-order chi connectivity index (χ0) is 30.5. The molecule has 9 aromatic rings. The van der Waals surface area contributed by atoms with Crippen LogP contribution in [0.3, 0.4) is 0 Å². The molecule has 0 radical (unpaired) electrons. The lowest BCUT2D eigenvalue weighted by Crippen LogP contribution is -2.05. The van der Waals surface area contributed by atoms with Gasteiger partial charge in [0.25, 0.3) is 0 Å². The highest BCUT2D eigenvalue weighted by atomic mass is 15.2. The lowest BCUT2D eigenvalue weighted by Gasteiger charge is -2.09. The number of pyridine rings is 1. The Bertz CT molecular complexity index is 2420. The quantitative estimate of drug-likeness (QED) is 0.200. The lowest BCUT2D eigenvalue weighted by molar-refractivity contribution is 0.933. The van der Waals surface area contributed by atoms with Crippen molar-refractivity contribution in [3.05, 3.63) is 158 Å². The summed E-state index contributed by atoms with van der Waals surface area (Å²) in [6, 6.07) is 51.7. The first-order chi connectivity index (χ1) is 22.8. The molecule has 6 nitrogen and oxygen atoms in total. The molecule has 0 unspecified atom stereocenters. The zero-order valence-electron chi connectivity index (χ0n) is 24.7. The lowest BCUT2D eigenvalue weighted by atomic mass is 10.1. The number of aromatic nitrogens is 6. The number of nitrogens with zero attached hydrogens (tertiary/aromatic N) is 6. The number of para-hydroxylation sites is 3. The van der Waals surface area contributed by atoms with Crippen LogP contribution in [0.5, 0.6) is 0 Å². The van der Waals surface area contributed by atoms with E-state index in [4.69, 9.17) is 19.9 Å². The van der Waals surface area contributed by atoms with Crippen LogP contribution in [0.25, 0.3) is 78.5 Å². The Kier molecular flexibility index (Phi) is 6.03. The maximum absolute atomic E-state index is 5.27. The summed E-state index contributed by atoms with van der Waals surface area (Å²) in [7, 11) is 0. The largest absolute Gasteiger partial charge is 0.294 e. The van der Waals surface area contributed by atoms with E-state index in [1.54, 1.807) is 0 Å². The molecule has 9 rings (SSSR count). The Morgan fingerprint density at radius 1 is 0.391 bits per heavy atom. The van der Waals surface area contributed by atoms with Gasteiger partial charge in [-0.2, -0.15) is 9.97 Å². The summed E-state index contributed by atoms with van der Waals surface area (Å²) in [5.74, 6) is 2.66. The molecule has 0 N–H and O–H groups in total. The molecule has 0 aliphatic heterocycles. The molecule has 46 heavy (non-hydrogen) atoms. The molecule has 0 fully saturated rings. The van der Waals surface area contributed by atoms with Gasteiger partial charge in [-0.15, -0.1) is 0 Å². The van der Waals surface area contributed by atoms with E-state index in [1.807, 2.05) is 66.7 Å². The normalized spacial score (nSPS) is 11.5. The van der Waals surface area contributed by atoms with Crippen molar-refractivity contribution in [2.75, 3.05) is 0 Å². The smallest absolute Gasteiger partial charge is 0.238 e. The number of benzene rings is 5. The summed E-state index contributed by atoms with van der Waals surface area (Å²) in [6.07, 6.45) is 2.10. The van der Waals surface area contributed by atoms with E-state index in [2.05, 4.69) is 100 Å². The number of hydrogen-bond acceptors (Lipinski definition) is 4. The van der Waals surface area contributed by atoms with Gasteiger partial charge in [0.2, 0.25) is 5.95 Å². The Balaban J connectivity index is 1.24. The summed E-state index contributed by atoms with van der Waals surface area (Å²) in [4.78, 5) is 20.2. The molecule has 5 aromatic carbocycles. The van der Waals surface area contributed by atoms with Gasteiger partial charge < -0.3 is 0 Å². The Morgan fingerprint density at radius 3 is 1.52 bits per heavy atom. The highest BCUT2D eigenvalue weighted by molar-refractivity contribution is 6.09. The molecule has 0 amide bonds. The minimum atomic E-state index is 0.550. The van der Waals surface area contributed by atoms with Crippen LogP contribution in [0.4, 0.5) is 0 Å². The second kappa shape index (κ2) is 10.6. The average molecular weight is 591 g/mol. The monoisotopic (exact) mass is 590 g/mol. The minimum Gasteiger partial charge on any atom is -0.294 e. The van der Waals surface area contributed by atoms with Crippen molar-refractivity contribution in [1.29, 1.82) is 0 Å². The third-order valence-electron chi connectivity index (χ3n) is 8.43. The van der Waals surface area contributed by atoms with Gasteiger partial charge in [0.1, 0.15) is 5.82 Å². The molecule has 0 aliphatic rings. The van der Waals surface area contributed by atoms with Crippen LogP contribution in [0.1, 0.15) is 0 Å². The first-order valence-electron chi connectivity index (χ1n) is 15.3. The molecule has 0 saturated heterocycles. The van der Waals surface area contributed by atoms with Gasteiger partial charge in [-0.3, -0.25) is 9.13 Å². The zero-order valence-corrected chi connectivity index (χ0v) is 24.7. The highest BCUT2D eigenvalue weighted by Crippen LogP contribution is 2.35. The summed E-state index contributed by atoms with van der Waals surface area (Å²) >= 11 is 0. The third kappa shape index (κ3) is 4.27. The van der Waals surface area contributed by atoms with Crippen molar-refractivity contribution >= 4 is 32.7 Å². The molecule has 0 atom stereocenters. The Hall–Kier alpha value is -6.40. The molecule has 4 heterocycles. The SMILES string of the molecule is c1ccc(-c2nc(-c3ccccc3)nc(-n3cc(-c4cccc(-n5c6ccccc6c6ccccc65)n4)c4ccccc43)n2)cc1. The minimum absolute atomic E-state index is 0.550. The van der Waals surface area contributed by atoms with E-state index in [9.17, 15) is 0 Å². The van der Waals surface area contributed by atoms with Crippen molar-refractivity contribution < 1.29 is 0 Å².